The Morgan fingerprint density at radius 3 is 2.91 bits per heavy atom. The molecule has 3 rings (SSSR count). The zero-order valence-electron chi connectivity index (χ0n) is 11.6. The summed E-state index contributed by atoms with van der Waals surface area (Å²) < 4.78 is 9.92. The van der Waals surface area contributed by atoms with Crippen molar-refractivity contribution in [1.82, 2.24) is 15.7 Å². The Labute approximate surface area is 134 Å². The van der Waals surface area contributed by atoms with Crippen LogP contribution in [0.3, 0.4) is 0 Å². The molecule has 2 aromatic heterocycles. The highest BCUT2D eigenvalue weighted by atomic mass is 35.5. The number of hydrogen-bond acceptors (Lipinski definition) is 7. The van der Waals surface area contributed by atoms with E-state index < -0.39 is 5.91 Å². The topological polar surface area (TPSA) is 120 Å². The van der Waals surface area contributed by atoms with Gasteiger partial charge in [-0.05, 0) is 34.6 Å². The highest BCUT2D eigenvalue weighted by Crippen LogP contribution is 2.24. The molecule has 0 radical (unpaired) electrons. The van der Waals surface area contributed by atoms with E-state index in [0.29, 0.717) is 16.5 Å². The van der Waals surface area contributed by atoms with E-state index in [1.165, 1.54) is 6.21 Å². The molecule has 1 amide bonds. The van der Waals surface area contributed by atoms with Gasteiger partial charge in [-0.25, -0.2) is 10.1 Å². The summed E-state index contributed by atoms with van der Waals surface area (Å²) in [5.74, 6) is 0.331. The van der Waals surface area contributed by atoms with Crippen molar-refractivity contribution >= 4 is 29.5 Å². The maximum Gasteiger partial charge on any atom is 0.297 e. The first-order valence-electron chi connectivity index (χ1n) is 6.40. The summed E-state index contributed by atoms with van der Waals surface area (Å²) in [6.45, 7) is 0. The largest absolute Gasteiger partial charge is 0.455 e. The number of aromatic nitrogens is 2. The van der Waals surface area contributed by atoms with E-state index in [2.05, 4.69) is 25.5 Å². The molecule has 0 aliphatic heterocycles. The van der Waals surface area contributed by atoms with Crippen LogP contribution in [-0.2, 0) is 0 Å². The fourth-order valence-electron chi connectivity index (χ4n) is 1.78. The first kappa shape index (κ1) is 14.8. The molecule has 0 unspecified atom stereocenters. The fraction of sp³-hybridized carbons (Fsp3) is 0. The highest BCUT2D eigenvalue weighted by Gasteiger charge is 2.14. The Bertz CT molecular complexity index is 871. The van der Waals surface area contributed by atoms with Crippen molar-refractivity contribution in [3.8, 4) is 11.3 Å². The third-order valence-corrected chi connectivity index (χ3v) is 3.06. The number of amides is 1. The lowest BCUT2D eigenvalue weighted by Crippen LogP contribution is -2.19. The lowest BCUT2D eigenvalue weighted by Gasteiger charge is -1.97. The van der Waals surface area contributed by atoms with Gasteiger partial charge in [-0.3, -0.25) is 4.79 Å². The molecular weight excluding hydrogens is 322 g/mol. The predicted octanol–water partition coefficient (Wildman–Crippen LogP) is 2.33. The summed E-state index contributed by atoms with van der Waals surface area (Å²) in [5.41, 5.74) is 8.33. The van der Waals surface area contributed by atoms with E-state index in [-0.39, 0.29) is 11.5 Å². The second-order valence-electron chi connectivity index (χ2n) is 4.41. The second-order valence-corrected chi connectivity index (χ2v) is 4.85. The molecular formula is C14H10ClN5O3. The van der Waals surface area contributed by atoms with Crippen LogP contribution in [0, 0.1) is 0 Å². The van der Waals surface area contributed by atoms with Crippen LogP contribution in [0.5, 0.6) is 0 Å². The number of furan rings is 1. The Morgan fingerprint density at radius 2 is 2.17 bits per heavy atom. The van der Waals surface area contributed by atoms with Crippen molar-refractivity contribution in [1.29, 1.82) is 0 Å². The van der Waals surface area contributed by atoms with E-state index in [4.69, 9.17) is 21.8 Å². The minimum absolute atomic E-state index is 0.112. The van der Waals surface area contributed by atoms with E-state index >= 15 is 0 Å². The van der Waals surface area contributed by atoms with Crippen LogP contribution in [0.2, 0.25) is 5.02 Å². The first-order valence-corrected chi connectivity index (χ1v) is 6.78. The predicted molar refractivity (Wildman–Crippen MR) is 82.9 cm³/mol. The molecule has 1 aromatic carbocycles. The van der Waals surface area contributed by atoms with Gasteiger partial charge in [0.2, 0.25) is 11.5 Å². The third kappa shape index (κ3) is 3.38. The summed E-state index contributed by atoms with van der Waals surface area (Å²) in [6, 6.07) is 10.7. The normalized spacial score (nSPS) is 11.0. The minimum atomic E-state index is -0.637. The molecule has 0 saturated heterocycles. The van der Waals surface area contributed by atoms with Gasteiger partial charge in [-0.1, -0.05) is 23.7 Å². The average molecular weight is 332 g/mol. The van der Waals surface area contributed by atoms with Crippen LogP contribution in [0.25, 0.3) is 11.3 Å². The maximum absolute atomic E-state index is 11.7. The number of benzene rings is 1. The number of carbonyl (C=O) groups excluding carboxylic acids is 1. The van der Waals surface area contributed by atoms with E-state index in [0.717, 1.165) is 5.56 Å². The Balaban J connectivity index is 1.67. The smallest absolute Gasteiger partial charge is 0.297 e. The molecule has 0 fully saturated rings. The van der Waals surface area contributed by atoms with Crippen LogP contribution in [0.15, 0.2) is 50.5 Å². The standard InChI is InChI=1S/C14H10ClN5O3/c15-9-3-1-2-8(6-9)11-5-4-10(22-11)7-17-18-14(21)12-13(16)20-23-19-12/h1-7H,(H2,16,20)(H,18,21)/b17-7-. The number of halogens is 1. The Hall–Kier alpha value is -3.13. The molecule has 23 heavy (non-hydrogen) atoms. The molecule has 0 aliphatic carbocycles. The average Bonchev–Trinajstić information content (AvgIpc) is 3.16. The van der Waals surface area contributed by atoms with Crippen molar-refractivity contribution in [3.63, 3.8) is 0 Å². The molecule has 116 valence electrons. The fourth-order valence-corrected chi connectivity index (χ4v) is 1.97. The lowest BCUT2D eigenvalue weighted by molar-refractivity contribution is 0.0946. The molecule has 3 aromatic rings. The SMILES string of the molecule is Nc1nonc1C(=O)N/N=C\c1ccc(-c2cccc(Cl)c2)o1. The molecule has 8 nitrogen and oxygen atoms in total. The number of nitrogen functional groups attached to an aromatic ring is 1. The van der Waals surface area contributed by atoms with Crippen molar-refractivity contribution in [2.45, 2.75) is 0 Å². The van der Waals surface area contributed by atoms with Gasteiger partial charge in [0.15, 0.2) is 0 Å². The van der Waals surface area contributed by atoms with Gasteiger partial charge < -0.3 is 10.2 Å². The summed E-state index contributed by atoms with van der Waals surface area (Å²) in [4.78, 5) is 11.7. The summed E-state index contributed by atoms with van der Waals surface area (Å²) in [6.07, 6.45) is 1.34. The van der Waals surface area contributed by atoms with Crippen molar-refractivity contribution in [2.24, 2.45) is 5.10 Å². The van der Waals surface area contributed by atoms with Gasteiger partial charge in [0, 0.05) is 10.6 Å². The molecule has 3 N–H and O–H groups in total. The molecule has 2 heterocycles. The molecule has 0 spiro atoms. The zero-order chi connectivity index (χ0) is 16.2. The lowest BCUT2D eigenvalue weighted by atomic mass is 10.2. The van der Waals surface area contributed by atoms with Crippen molar-refractivity contribution < 1.29 is 13.8 Å². The quantitative estimate of drug-likeness (QED) is 0.559. The zero-order valence-corrected chi connectivity index (χ0v) is 12.3. The molecule has 0 atom stereocenters. The van der Waals surface area contributed by atoms with Crippen LogP contribution < -0.4 is 11.2 Å². The third-order valence-electron chi connectivity index (χ3n) is 2.82. The van der Waals surface area contributed by atoms with Gasteiger partial charge in [-0.15, -0.1) is 0 Å². The number of nitrogens with zero attached hydrogens (tertiary/aromatic N) is 3. The number of nitrogens with one attached hydrogen (secondary N) is 1. The van der Waals surface area contributed by atoms with E-state index in [1.807, 2.05) is 12.1 Å². The number of nitrogens with two attached hydrogens (primary N) is 1. The number of carbonyl (C=O) groups is 1. The van der Waals surface area contributed by atoms with Gasteiger partial charge in [0.05, 0.1) is 6.21 Å². The second kappa shape index (κ2) is 6.32. The van der Waals surface area contributed by atoms with Crippen molar-refractivity contribution in [2.75, 3.05) is 5.73 Å². The van der Waals surface area contributed by atoms with Crippen LogP contribution in [0.1, 0.15) is 16.2 Å². The monoisotopic (exact) mass is 331 g/mol. The van der Waals surface area contributed by atoms with Crippen LogP contribution in [-0.4, -0.2) is 22.4 Å². The Kier molecular flexibility index (Phi) is 4.07. The van der Waals surface area contributed by atoms with Crippen LogP contribution >= 0.6 is 11.6 Å². The van der Waals surface area contributed by atoms with E-state index in [9.17, 15) is 4.79 Å². The molecule has 0 aliphatic rings. The Morgan fingerprint density at radius 1 is 1.30 bits per heavy atom. The highest BCUT2D eigenvalue weighted by molar-refractivity contribution is 6.30. The minimum Gasteiger partial charge on any atom is -0.455 e. The number of hydrogen-bond donors (Lipinski definition) is 2. The maximum atomic E-state index is 11.7. The molecule has 0 saturated carbocycles. The summed E-state index contributed by atoms with van der Waals surface area (Å²) >= 11 is 5.94. The first-order chi connectivity index (χ1) is 11.1. The van der Waals surface area contributed by atoms with Gasteiger partial charge >= 0.3 is 0 Å². The molecule has 9 heteroatoms. The van der Waals surface area contributed by atoms with Gasteiger partial charge in [-0.2, -0.15) is 5.10 Å². The van der Waals surface area contributed by atoms with Crippen LogP contribution in [0.4, 0.5) is 5.82 Å². The van der Waals surface area contributed by atoms with Crippen molar-refractivity contribution in [3.05, 3.63) is 52.9 Å². The van der Waals surface area contributed by atoms with Gasteiger partial charge in [0.25, 0.3) is 5.91 Å². The molecule has 0 bridgehead atoms. The summed E-state index contributed by atoms with van der Waals surface area (Å²) in [7, 11) is 0. The number of hydrazone groups is 1. The summed E-state index contributed by atoms with van der Waals surface area (Å²) in [5, 5.41) is 11.0. The van der Waals surface area contributed by atoms with E-state index in [1.54, 1.807) is 24.3 Å². The number of anilines is 1. The number of rotatable bonds is 4. The van der Waals surface area contributed by atoms with Gasteiger partial charge in [0.1, 0.15) is 11.5 Å².